The van der Waals surface area contributed by atoms with E-state index in [2.05, 4.69) is 28.1 Å². The van der Waals surface area contributed by atoms with Crippen molar-refractivity contribution < 1.29 is 31.0 Å². The van der Waals surface area contributed by atoms with Crippen molar-refractivity contribution in [2.45, 2.75) is 110 Å². The Hall–Kier alpha value is -0.0900. The molecule has 0 aliphatic heterocycles. The Balaban J connectivity index is 0. The van der Waals surface area contributed by atoms with Crippen LogP contribution in [0, 0.1) is 0 Å². The number of carbonyl (C=O) groups is 1. The summed E-state index contributed by atoms with van der Waals surface area (Å²) in [6.07, 6.45) is 20.9. The van der Waals surface area contributed by atoms with Crippen molar-refractivity contribution in [1.29, 1.82) is 0 Å². The molecule has 0 atom stereocenters. The highest BCUT2D eigenvalue weighted by atomic mass is 79.9. The Morgan fingerprint density at radius 3 is 1.41 bits per heavy atom. The monoisotopic (exact) mass is 449 g/mol. The summed E-state index contributed by atoms with van der Waals surface area (Å²) in [5.41, 5.74) is 0. The smallest absolute Gasteiger partial charge is 0.305 e. The van der Waals surface area contributed by atoms with Crippen LogP contribution in [-0.4, -0.2) is 44.7 Å². The van der Waals surface area contributed by atoms with Crippen molar-refractivity contribution >= 4 is 5.97 Å². The topological polar surface area (TPSA) is 26.3 Å². The SMILES string of the molecule is CCCCCCCCCCCCCCCCCC(=O)OCC[N+](C)(C)C.[Br-]. The van der Waals surface area contributed by atoms with E-state index in [0.717, 1.165) is 17.4 Å². The van der Waals surface area contributed by atoms with Crippen molar-refractivity contribution in [3.63, 3.8) is 0 Å². The number of unbranched alkanes of at least 4 members (excludes halogenated alkanes) is 14. The maximum atomic E-state index is 11.6. The van der Waals surface area contributed by atoms with Crippen molar-refractivity contribution in [3.05, 3.63) is 0 Å². The molecule has 0 aliphatic carbocycles. The lowest BCUT2D eigenvalue weighted by molar-refractivity contribution is -0.870. The van der Waals surface area contributed by atoms with E-state index in [9.17, 15) is 4.79 Å². The van der Waals surface area contributed by atoms with Crippen LogP contribution in [0.1, 0.15) is 110 Å². The highest BCUT2D eigenvalue weighted by Crippen LogP contribution is 2.13. The van der Waals surface area contributed by atoms with Crippen molar-refractivity contribution in [1.82, 2.24) is 0 Å². The number of quaternary nitrogens is 1. The van der Waals surface area contributed by atoms with E-state index in [1.807, 2.05) is 0 Å². The number of ether oxygens (including phenoxy) is 1. The van der Waals surface area contributed by atoms with E-state index in [-0.39, 0.29) is 23.0 Å². The summed E-state index contributed by atoms with van der Waals surface area (Å²) in [7, 11) is 6.34. The normalized spacial score (nSPS) is 11.3. The van der Waals surface area contributed by atoms with Gasteiger partial charge in [-0.05, 0) is 6.42 Å². The van der Waals surface area contributed by atoms with E-state index < -0.39 is 0 Å². The second kappa shape index (κ2) is 20.6. The van der Waals surface area contributed by atoms with Gasteiger partial charge in [0, 0.05) is 6.42 Å². The first-order chi connectivity index (χ1) is 12.5. The maximum absolute atomic E-state index is 11.6. The Labute approximate surface area is 181 Å². The molecule has 0 rings (SSSR count). The van der Waals surface area contributed by atoms with Crippen molar-refractivity contribution in [2.75, 3.05) is 34.3 Å². The number of rotatable bonds is 19. The summed E-state index contributed by atoms with van der Waals surface area (Å²) in [5.74, 6) is -0.0202. The van der Waals surface area contributed by atoms with Crippen LogP contribution in [0.2, 0.25) is 0 Å². The Morgan fingerprint density at radius 2 is 1.04 bits per heavy atom. The van der Waals surface area contributed by atoms with Gasteiger partial charge in [-0.3, -0.25) is 4.79 Å². The molecule has 0 aliphatic rings. The molecule has 0 aromatic rings. The first kappa shape index (κ1) is 29.1. The van der Waals surface area contributed by atoms with Gasteiger partial charge in [0.15, 0.2) is 0 Å². The standard InChI is InChI=1S/C23H48NO2.BrH/c1-5-6-7-8-9-10-11-12-13-14-15-16-17-18-19-20-23(25)26-22-21-24(2,3)4;/h5-22H2,1-4H3;1H/q+1;/p-1. The molecule has 0 saturated carbocycles. The number of halogens is 1. The van der Waals surface area contributed by atoms with Crippen LogP contribution < -0.4 is 17.0 Å². The number of carbonyl (C=O) groups excluding carboxylic acids is 1. The third kappa shape index (κ3) is 25.9. The largest absolute Gasteiger partial charge is 1.00 e. The predicted molar refractivity (Wildman–Crippen MR) is 113 cm³/mol. The van der Waals surface area contributed by atoms with Gasteiger partial charge in [0.1, 0.15) is 13.2 Å². The molecule has 0 saturated heterocycles. The molecule has 3 nitrogen and oxygen atoms in total. The highest BCUT2D eigenvalue weighted by molar-refractivity contribution is 5.69. The summed E-state index contributed by atoms with van der Waals surface area (Å²) in [6.45, 7) is 3.70. The number of nitrogens with zero attached hydrogens (tertiary/aromatic N) is 1. The second-order valence-electron chi connectivity index (χ2n) is 8.93. The zero-order valence-corrected chi connectivity index (χ0v) is 20.5. The van der Waals surface area contributed by atoms with Crippen molar-refractivity contribution in [3.8, 4) is 0 Å². The van der Waals surface area contributed by atoms with E-state index in [1.165, 1.54) is 89.9 Å². The van der Waals surface area contributed by atoms with Gasteiger partial charge in [-0.15, -0.1) is 0 Å². The molecule has 27 heavy (non-hydrogen) atoms. The minimum Gasteiger partial charge on any atom is -1.00 e. The van der Waals surface area contributed by atoms with E-state index >= 15 is 0 Å². The molecular formula is C23H48BrNO2. The van der Waals surface area contributed by atoms with E-state index in [1.54, 1.807) is 0 Å². The molecule has 0 amide bonds. The van der Waals surface area contributed by atoms with Crippen LogP contribution in [0.3, 0.4) is 0 Å². The van der Waals surface area contributed by atoms with Gasteiger partial charge < -0.3 is 26.2 Å². The lowest BCUT2D eigenvalue weighted by atomic mass is 10.0. The molecule has 0 unspecified atom stereocenters. The van der Waals surface area contributed by atoms with Gasteiger partial charge in [0.2, 0.25) is 0 Å². The average molecular weight is 451 g/mol. The molecule has 0 spiro atoms. The summed E-state index contributed by atoms with van der Waals surface area (Å²) >= 11 is 0. The number of likely N-dealkylation sites (N-methyl/N-ethyl adjacent to an activating group) is 1. The maximum Gasteiger partial charge on any atom is 0.305 e. The molecule has 0 N–H and O–H groups in total. The fourth-order valence-corrected chi connectivity index (χ4v) is 3.15. The minimum absolute atomic E-state index is 0. The summed E-state index contributed by atoms with van der Waals surface area (Å²) < 4.78 is 6.12. The quantitative estimate of drug-likeness (QED) is 0.171. The molecule has 0 heterocycles. The predicted octanol–water partition coefficient (Wildman–Crippen LogP) is 3.50. The zero-order valence-electron chi connectivity index (χ0n) is 18.9. The summed E-state index contributed by atoms with van der Waals surface area (Å²) in [6, 6.07) is 0. The molecule has 164 valence electrons. The van der Waals surface area contributed by atoms with Crippen LogP contribution in [0.25, 0.3) is 0 Å². The van der Waals surface area contributed by atoms with E-state index in [0.29, 0.717) is 13.0 Å². The molecule has 0 fully saturated rings. The van der Waals surface area contributed by atoms with Gasteiger partial charge in [0.05, 0.1) is 21.1 Å². The second-order valence-corrected chi connectivity index (χ2v) is 8.93. The van der Waals surface area contributed by atoms with Crippen LogP contribution in [0.5, 0.6) is 0 Å². The lowest BCUT2D eigenvalue weighted by Crippen LogP contribution is -3.00. The average Bonchev–Trinajstić information content (AvgIpc) is 2.57. The van der Waals surface area contributed by atoms with E-state index in [4.69, 9.17) is 4.74 Å². The van der Waals surface area contributed by atoms with Crippen LogP contribution >= 0.6 is 0 Å². The highest BCUT2D eigenvalue weighted by Gasteiger charge is 2.09. The van der Waals surface area contributed by atoms with Crippen molar-refractivity contribution in [2.24, 2.45) is 0 Å². The Morgan fingerprint density at radius 1 is 0.667 bits per heavy atom. The summed E-state index contributed by atoms with van der Waals surface area (Å²) in [5, 5.41) is 0. The first-order valence-electron chi connectivity index (χ1n) is 11.4. The molecule has 0 radical (unpaired) electrons. The minimum atomic E-state index is -0.0202. The molecular weight excluding hydrogens is 402 g/mol. The Kier molecular flexibility index (Phi) is 22.3. The van der Waals surface area contributed by atoms with Crippen LogP contribution in [0.4, 0.5) is 0 Å². The van der Waals surface area contributed by atoms with Gasteiger partial charge in [-0.25, -0.2) is 0 Å². The van der Waals surface area contributed by atoms with Gasteiger partial charge in [-0.1, -0.05) is 96.8 Å². The first-order valence-corrected chi connectivity index (χ1v) is 11.4. The lowest BCUT2D eigenvalue weighted by Gasteiger charge is -2.23. The number of hydrogen-bond acceptors (Lipinski definition) is 2. The fraction of sp³-hybridized carbons (Fsp3) is 0.957. The zero-order chi connectivity index (χ0) is 19.5. The van der Waals surface area contributed by atoms with Gasteiger partial charge >= 0.3 is 5.97 Å². The van der Waals surface area contributed by atoms with Crippen LogP contribution in [-0.2, 0) is 9.53 Å². The van der Waals surface area contributed by atoms with Crippen LogP contribution in [0.15, 0.2) is 0 Å². The number of hydrogen-bond donors (Lipinski definition) is 0. The summed E-state index contributed by atoms with van der Waals surface area (Å²) in [4.78, 5) is 11.6. The molecule has 0 aromatic carbocycles. The third-order valence-corrected chi connectivity index (χ3v) is 5.01. The van der Waals surface area contributed by atoms with Gasteiger partial charge in [0.25, 0.3) is 0 Å². The molecule has 0 aromatic heterocycles. The Bertz CT molecular complexity index is 316. The number of esters is 1. The molecule has 0 bridgehead atoms. The fourth-order valence-electron chi connectivity index (χ4n) is 3.15. The third-order valence-electron chi connectivity index (χ3n) is 5.01. The molecule has 4 heteroatoms. The van der Waals surface area contributed by atoms with Gasteiger partial charge in [-0.2, -0.15) is 0 Å².